The number of fused-ring (bicyclic) bond motifs is 1. The van der Waals surface area contributed by atoms with Crippen molar-refractivity contribution in [1.29, 1.82) is 0 Å². The lowest BCUT2D eigenvalue weighted by Crippen LogP contribution is -2.39. The Hall–Kier alpha value is -1.87. The van der Waals surface area contributed by atoms with E-state index in [2.05, 4.69) is 16.0 Å². The van der Waals surface area contributed by atoms with Crippen molar-refractivity contribution in [2.45, 2.75) is 43.0 Å². The summed E-state index contributed by atoms with van der Waals surface area (Å²) < 4.78 is 38.0. The summed E-state index contributed by atoms with van der Waals surface area (Å²) in [6.07, 6.45) is 1.49. The highest BCUT2D eigenvalue weighted by molar-refractivity contribution is 7.92. The molecule has 2 aliphatic rings. The summed E-state index contributed by atoms with van der Waals surface area (Å²) in [5.74, 6) is -1.02. The number of carbonyl (C=O) groups excluding carboxylic acids is 2. The summed E-state index contributed by atoms with van der Waals surface area (Å²) in [6.45, 7) is 0. The van der Waals surface area contributed by atoms with Gasteiger partial charge in [-0.25, -0.2) is 17.6 Å². The predicted molar refractivity (Wildman–Crippen MR) is 95.3 cm³/mol. The number of sulfone groups is 1. The fourth-order valence-corrected chi connectivity index (χ4v) is 5.87. The lowest BCUT2D eigenvalue weighted by atomic mass is 10.0. The molecule has 10 heteroatoms. The molecule has 1 aromatic rings. The molecule has 0 saturated carbocycles. The van der Waals surface area contributed by atoms with E-state index < -0.39 is 26.9 Å². The summed E-state index contributed by atoms with van der Waals surface area (Å²) >= 11 is 5.66. The Balaban J connectivity index is 1.46. The SMILES string of the molecule is O=C(CCCC[C@@H]1[C@H]2NC(=O)N[C@H]2CS1(=O)=O)Nc1ccc(Cl)cc1F. The van der Waals surface area contributed by atoms with Gasteiger partial charge in [0.1, 0.15) is 5.82 Å². The Labute approximate surface area is 155 Å². The van der Waals surface area contributed by atoms with E-state index in [-0.39, 0.29) is 40.9 Å². The zero-order valence-electron chi connectivity index (χ0n) is 13.8. The van der Waals surface area contributed by atoms with Crippen molar-refractivity contribution in [3.05, 3.63) is 29.0 Å². The lowest BCUT2D eigenvalue weighted by Gasteiger charge is -2.16. The van der Waals surface area contributed by atoms with Crippen LogP contribution in [0.3, 0.4) is 0 Å². The molecule has 0 aliphatic carbocycles. The van der Waals surface area contributed by atoms with Crippen LogP contribution in [0.25, 0.3) is 0 Å². The van der Waals surface area contributed by atoms with E-state index >= 15 is 0 Å². The molecular formula is C16H19ClFN3O4S. The standard InChI is InChI=1S/C16H19ClFN3O4S/c17-9-5-6-11(10(18)7-9)19-14(22)4-2-1-3-13-15-12(8-26(13,24)25)20-16(23)21-15/h5-7,12-13,15H,1-4,8H2,(H,19,22)(H2,20,21,23)/t12-,13+,15-/m0/s1. The van der Waals surface area contributed by atoms with Gasteiger partial charge in [0.15, 0.2) is 9.84 Å². The Morgan fingerprint density at radius 1 is 1.31 bits per heavy atom. The fourth-order valence-electron chi connectivity index (χ4n) is 3.44. The number of anilines is 1. The Bertz CT molecular complexity index is 833. The number of amides is 3. The van der Waals surface area contributed by atoms with Gasteiger partial charge in [-0.2, -0.15) is 0 Å². The van der Waals surface area contributed by atoms with Crippen LogP contribution in [0.15, 0.2) is 18.2 Å². The van der Waals surface area contributed by atoms with Gasteiger partial charge < -0.3 is 16.0 Å². The first-order chi connectivity index (χ1) is 12.3. The topological polar surface area (TPSA) is 104 Å². The van der Waals surface area contributed by atoms with Crippen molar-refractivity contribution >= 4 is 39.1 Å². The van der Waals surface area contributed by atoms with E-state index in [1.807, 2.05) is 0 Å². The Morgan fingerprint density at radius 3 is 2.81 bits per heavy atom. The molecule has 3 rings (SSSR count). The number of unbranched alkanes of at least 4 members (excludes halogenated alkanes) is 1. The number of halogens is 2. The molecule has 7 nitrogen and oxygen atoms in total. The number of rotatable bonds is 6. The van der Waals surface area contributed by atoms with E-state index in [0.717, 1.165) is 6.07 Å². The third kappa shape index (κ3) is 4.09. The van der Waals surface area contributed by atoms with E-state index in [1.54, 1.807) is 0 Å². The Morgan fingerprint density at radius 2 is 2.08 bits per heavy atom. The fraction of sp³-hybridized carbons (Fsp3) is 0.500. The molecule has 2 saturated heterocycles. The summed E-state index contributed by atoms with van der Waals surface area (Å²) in [7, 11) is -3.27. The number of hydrogen-bond acceptors (Lipinski definition) is 4. The second-order valence-corrected chi connectivity index (χ2v) is 9.24. The van der Waals surface area contributed by atoms with Crippen LogP contribution in [0.1, 0.15) is 25.7 Å². The maximum absolute atomic E-state index is 13.6. The molecule has 3 amide bonds. The van der Waals surface area contributed by atoms with E-state index in [1.165, 1.54) is 12.1 Å². The quantitative estimate of drug-likeness (QED) is 0.497. The number of hydrogen-bond donors (Lipinski definition) is 3. The molecule has 0 bridgehead atoms. The highest BCUT2D eigenvalue weighted by Crippen LogP contribution is 2.28. The van der Waals surface area contributed by atoms with Crippen LogP contribution < -0.4 is 16.0 Å². The van der Waals surface area contributed by atoms with Crippen LogP contribution in [0.2, 0.25) is 5.02 Å². The van der Waals surface area contributed by atoms with E-state index in [4.69, 9.17) is 11.6 Å². The molecule has 1 aromatic carbocycles. The number of benzene rings is 1. The molecule has 142 valence electrons. The van der Waals surface area contributed by atoms with Crippen molar-refractivity contribution < 1.29 is 22.4 Å². The number of carbonyl (C=O) groups is 2. The summed E-state index contributed by atoms with van der Waals surface area (Å²) in [5, 5.41) is 7.33. The third-order valence-corrected chi connectivity index (χ3v) is 7.18. The van der Waals surface area contributed by atoms with Crippen LogP contribution in [0.5, 0.6) is 0 Å². The van der Waals surface area contributed by atoms with Gasteiger partial charge in [-0.3, -0.25) is 4.79 Å². The lowest BCUT2D eigenvalue weighted by molar-refractivity contribution is -0.116. The van der Waals surface area contributed by atoms with Crippen LogP contribution >= 0.6 is 11.6 Å². The normalized spacial score (nSPS) is 26.1. The second kappa shape index (κ2) is 7.40. The second-order valence-electron chi connectivity index (χ2n) is 6.54. The summed E-state index contributed by atoms with van der Waals surface area (Å²) in [5.41, 5.74) is 0.0559. The molecule has 3 atom stereocenters. The van der Waals surface area contributed by atoms with Crippen LogP contribution in [-0.2, 0) is 14.6 Å². The predicted octanol–water partition coefficient (Wildman–Crippen LogP) is 1.83. The van der Waals surface area contributed by atoms with Crippen molar-refractivity contribution in [3.8, 4) is 0 Å². The Kier molecular flexibility index (Phi) is 5.38. The summed E-state index contributed by atoms with van der Waals surface area (Å²) in [4.78, 5) is 23.2. The molecule has 3 N–H and O–H groups in total. The molecule has 0 spiro atoms. The molecule has 2 fully saturated rings. The zero-order chi connectivity index (χ0) is 18.9. The molecule has 2 aliphatic heterocycles. The average molecular weight is 404 g/mol. The van der Waals surface area contributed by atoms with Gasteiger partial charge in [0, 0.05) is 11.4 Å². The molecule has 2 heterocycles. The maximum Gasteiger partial charge on any atom is 0.315 e. The van der Waals surface area contributed by atoms with Crippen molar-refractivity contribution in [3.63, 3.8) is 0 Å². The van der Waals surface area contributed by atoms with Gasteiger partial charge in [-0.05, 0) is 31.0 Å². The van der Waals surface area contributed by atoms with Crippen molar-refractivity contribution in [2.75, 3.05) is 11.1 Å². The minimum absolute atomic E-state index is 0.0559. The number of nitrogens with one attached hydrogen (secondary N) is 3. The van der Waals surface area contributed by atoms with Gasteiger partial charge in [-0.15, -0.1) is 0 Å². The molecule has 26 heavy (non-hydrogen) atoms. The van der Waals surface area contributed by atoms with E-state index in [9.17, 15) is 22.4 Å². The highest BCUT2D eigenvalue weighted by Gasteiger charge is 2.51. The smallest absolute Gasteiger partial charge is 0.315 e. The van der Waals surface area contributed by atoms with Crippen LogP contribution in [0.4, 0.5) is 14.9 Å². The first-order valence-electron chi connectivity index (χ1n) is 8.30. The van der Waals surface area contributed by atoms with Gasteiger partial charge >= 0.3 is 6.03 Å². The monoisotopic (exact) mass is 403 g/mol. The molecular weight excluding hydrogens is 385 g/mol. The minimum atomic E-state index is -3.27. The van der Waals surface area contributed by atoms with E-state index in [0.29, 0.717) is 19.3 Å². The third-order valence-electron chi connectivity index (χ3n) is 4.67. The van der Waals surface area contributed by atoms with Gasteiger partial charge in [0.2, 0.25) is 5.91 Å². The van der Waals surface area contributed by atoms with Gasteiger partial charge in [0.05, 0.1) is 28.8 Å². The highest BCUT2D eigenvalue weighted by atomic mass is 35.5. The average Bonchev–Trinajstić information content (AvgIpc) is 2.99. The van der Waals surface area contributed by atoms with Crippen LogP contribution in [0, 0.1) is 5.82 Å². The minimum Gasteiger partial charge on any atom is -0.332 e. The van der Waals surface area contributed by atoms with Gasteiger partial charge in [0.25, 0.3) is 0 Å². The largest absolute Gasteiger partial charge is 0.332 e. The first-order valence-corrected chi connectivity index (χ1v) is 10.4. The molecule has 0 unspecified atom stereocenters. The van der Waals surface area contributed by atoms with Crippen LogP contribution in [-0.4, -0.2) is 43.4 Å². The van der Waals surface area contributed by atoms with Crippen molar-refractivity contribution in [2.24, 2.45) is 0 Å². The van der Waals surface area contributed by atoms with Crippen molar-refractivity contribution in [1.82, 2.24) is 10.6 Å². The molecule has 0 radical (unpaired) electrons. The first kappa shape index (κ1) is 18.9. The van der Waals surface area contributed by atoms with Gasteiger partial charge in [-0.1, -0.05) is 18.0 Å². The zero-order valence-corrected chi connectivity index (χ0v) is 15.4. The summed E-state index contributed by atoms with van der Waals surface area (Å²) in [6, 6.07) is 2.84. The maximum atomic E-state index is 13.6. The number of urea groups is 1. The molecule has 0 aromatic heterocycles.